The van der Waals surface area contributed by atoms with Crippen LogP contribution in [0.15, 0.2) is 24.3 Å². The third-order valence-corrected chi connectivity index (χ3v) is 4.48. The molecule has 0 aromatic heterocycles. The molecule has 134 valence electrons. The summed E-state index contributed by atoms with van der Waals surface area (Å²) in [6.45, 7) is 7.87. The van der Waals surface area contributed by atoms with Crippen molar-refractivity contribution in [1.29, 1.82) is 0 Å². The highest BCUT2D eigenvalue weighted by molar-refractivity contribution is 5.78. The number of rotatable bonds is 8. The first-order valence-corrected chi connectivity index (χ1v) is 8.95. The molecule has 1 heterocycles. The smallest absolute Gasteiger partial charge is 0.224 e. The fourth-order valence-corrected chi connectivity index (χ4v) is 2.96. The molecular formula is C19H30N2O3. The summed E-state index contributed by atoms with van der Waals surface area (Å²) in [5.41, 5.74) is 0.940. The van der Waals surface area contributed by atoms with Gasteiger partial charge in [0, 0.05) is 13.1 Å². The van der Waals surface area contributed by atoms with Crippen molar-refractivity contribution >= 4 is 5.91 Å². The van der Waals surface area contributed by atoms with Gasteiger partial charge in [0.1, 0.15) is 5.75 Å². The van der Waals surface area contributed by atoms with Crippen molar-refractivity contribution in [3.63, 3.8) is 0 Å². The molecule has 1 amide bonds. The lowest BCUT2D eigenvalue weighted by molar-refractivity contribution is -0.121. The van der Waals surface area contributed by atoms with Crippen LogP contribution in [0.4, 0.5) is 0 Å². The van der Waals surface area contributed by atoms with Gasteiger partial charge in [-0.15, -0.1) is 0 Å². The maximum Gasteiger partial charge on any atom is 0.224 e. The Labute approximate surface area is 145 Å². The molecule has 2 N–H and O–H groups in total. The summed E-state index contributed by atoms with van der Waals surface area (Å²) in [5, 5.41) is 12.9. The van der Waals surface area contributed by atoms with E-state index in [-0.39, 0.29) is 5.91 Å². The highest BCUT2D eigenvalue weighted by Gasteiger charge is 2.18. The maximum absolute atomic E-state index is 12.0. The van der Waals surface area contributed by atoms with E-state index in [0.29, 0.717) is 26.1 Å². The number of ether oxygens (including phenoxy) is 1. The van der Waals surface area contributed by atoms with Crippen LogP contribution in [0.3, 0.4) is 0 Å². The zero-order valence-electron chi connectivity index (χ0n) is 14.8. The molecule has 2 rings (SSSR count). The van der Waals surface area contributed by atoms with Gasteiger partial charge in [-0.05, 0) is 56.5 Å². The number of likely N-dealkylation sites (tertiary alicyclic amines) is 1. The minimum Gasteiger partial charge on any atom is -0.494 e. The molecule has 0 saturated carbocycles. The Kier molecular flexibility index (Phi) is 7.53. The van der Waals surface area contributed by atoms with Crippen molar-refractivity contribution in [1.82, 2.24) is 10.2 Å². The molecule has 0 radical (unpaired) electrons. The van der Waals surface area contributed by atoms with Crippen molar-refractivity contribution in [2.45, 2.75) is 39.2 Å². The molecule has 1 aromatic carbocycles. The van der Waals surface area contributed by atoms with Gasteiger partial charge in [-0.2, -0.15) is 0 Å². The van der Waals surface area contributed by atoms with Crippen molar-refractivity contribution in [2.24, 2.45) is 5.92 Å². The molecule has 1 aliphatic rings. The predicted octanol–water partition coefficient (Wildman–Crippen LogP) is 1.84. The average molecular weight is 334 g/mol. The largest absolute Gasteiger partial charge is 0.494 e. The Morgan fingerprint density at radius 1 is 1.33 bits per heavy atom. The molecule has 0 bridgehead atoms. The topological polar surface area (TPSA) is 61.8 Å². The first kappa shape index (κ1) is 18.7. The van der Waals surface area contributed by atoms with Gasteiger partial charge in [-0.1, -0.05) is 19.1 Å². The number of hydrogen-bond donors (Lipinski definition) is 2. The van der Waals surface area contributed by atoms with Crippen molar-refractivity contribution < 1.29 is 14.6 Å². The molecule has 0 aliphatic carbocycles. The van der Waals surface area contributed by atoms with E-state index in [4.69, 9.17) is 4.74 Å². The molecule has 1 fully saturated rings. The van der Waals surface area contributed by atoms with Crippen LogP contribution in [0.1, 0.15) is 32.3 Å². The van der Waals surface area contributed by atoms with Gasteiger partial charge in [0.05, 0.1) is 19.1 Å². The Morgan fingerprint density at radius 2 is 2.00 bits per heavy atom. The first-order valence-electron chi connectivity index (χ1n) is 8.95. The van der Waals surface area contributed by atoms with Crippen LogP contribution in [0.25, 0.3) is 0 Å². The lowest BCUT2D eigenvalue weighted by Crippen LogP contribution is -2.43. The zero-order valence-corrected chi connectivity index (χ0v) is 14.8. The van der Waals surface area contributed by atoms with Gasteiger partial charge >= 0.3 is 0 Å². The third-order valence-electron chi connectivity index (χ3n) is 4.48. The minimum absolute atomic E-state index is 0.0644. The molecule has 24 heavy (non-hydrogen) atoms. The van der Waals surface area contributed by atoms with E-state index >= 15 is 0 Å². The lowest BCUT2D eigenvalue weighted by Gasteiger charge is -2.31. The number of benzene rings is 1. The van der Waals surface area contributed by atoms with Crippen LogP contribution in [0.5, 0.6) is 5.75 Å². The number of amides is 1. The van der Waals surface area contributed by atoms with Gasteiger partial charge in [-0.3, -0.25) is 4.79 Å². The van der Waals surface area contributed by atoms with Gasteiger partial charge in [0.25, 0.3) is 0 Å². The Balaban J connectivity index is 1.66. The SMILES string of the molecule is CCOc1ccc(CC(=O)NCC(O)CN2CCC(C)CC2)cc1. The van der Waals surface area contributed by atoms with Gasteiger partial charge in [0.15, 0.2) is 0 Å². The molecule has 1 aromatic rings. The summed E-state index contributed by atoms with van der Waals surface area (Å²) in [5.74, 6) is 1.53. The monoisotopic (exact) mass is 334 g/mol. The van der Waals surface area contributed by atoms with E-state index in [9.17, 15) is 9.90 Å². The molecule has 1 saturated heterocycles. The van der Waals surface area contributed by atoms with Crippen LogP contribution in [0, 0.1) is 5.92 Å². The molecule has 0 spiro atoms. The lowest BCUT2D eigenvalue weighted by atomic mass is 9.99. The van der Waals surface area contributed by atoms with Crippen molar-refractivity contribution in [3.8, 4) is 5.75 Å². The van der Waals surface area contributed by atoms with Crippen LogP contribution in [-0.2, 0) is 11.2 Å². The molecule has 1 aliphatic heterocycles. The van der Waals surface area contributed by atoms with E-state index in [1.54, 1.807) is 0 Å². The minimum atomic E-state index is -0.511. The standard InChI is InChI=1S/C19H30N2O3/c1-3-24-18-6-4-16(5-7-18)12-19(23)20-13-17(22)14-21-10-8-15(2)9-11-21/h4-7,15,17,22H,3,8-14H2,1-2H3,(H,20,23). The summed E-state index contributed by atoms with van der Waals surface area (Å²) in [4.78, 5) is 14.3. The molecule has 5 heteroatoms. The number of nitrogens with one attached hydrogen (secondary N) is 1. The van der Waals surface area contributed by atoms with Gasteiger partial charge in [0.2, 0.25) is 5.91 Å². The number of aliphatic hydroxyl groups excluding tert-OH is 1. The van der Waals surface area contributed by atoms with Gasteiger partial charge in [-0.25, -0.2) is 0 Å². The van der Waals surface area contributed by atoms with E-state index in [2.05, 4.69) is 17.1 Å². The highest BCUT2D eigenvalue weighted by atomic mass is 16.5. The van der Waals surface area contributed by atoms with Gasteiger partial charge < -0.3 is 20.1 Å². The molecule has 5 nitrogen and oxygen atoms in total. The van der Waals surface area contributed by atoms with Crippen LogP contribution in [0.2, 0.25) is 0 Å². The van der Waals surface area contributed by atoms with Crippen molar-refractivity contribution in [3.05, 3.63) is 29.8 Å². The second-order valence-electron chi connectivity index (χ2n) is 6.69. The predicted molar refractivity (Wildman–Crippen MR) is 95.2 cm³/mol. The molecule has 1 unspecified atom stereocenters. The van der Waals surface area contributed by atoms with E-state index in [1.165, 1.54) is 12.8 Å². The average Bonchev–Trinajstić information content (AvgIpc) is 2.57. The fraction of sp³-hybridized carbons (Fsp3) is 0.632. The number of piperidine rings is 1. The zero-order chi connectivity index (χ0) is 17.4. The van der Waals surface area contributed by atoms with E-state index < -0.39 is 6.10 Å². The normalized spacial score (nSPS) is 17.5. The first-order chi connectivity index (χ1) is 11.6. The van der Waals surface area contributed by atoms with Crippen molar-refractivity contribution in [2.75, 3.05) is 32.8 Å². The van der Waals surface area contributed by atoms with E-state index in [1.807, 2.05) is 31.2 Å². The number of β-amino-alcohol motifs (C(OH)–C–C–N with tert-alkyl or cyclic N) is 1. The molecular weight excluding hydrogens is 304 g/mol. The summed E-state index contributed by atoms with van der Waals surface area (Å²) in [6.07, 6.45) is 2.19. The Morgan fingerprint density at radius 3 is 2.62 bits per heavy atom. The number of carbonyl (C=O) groups is 1. The summed E-state index contributed by atoms with van der Waals surface area (Å²) in [7, 11) is 0. The van der Waals surface area contributed by atoms with Crippen LogP contribution in [-0.4, -0.2) is 54.8 Å². The quantitative estimate of drug-likeness (QED) is 0.761. The summed E-state index contributed by atoms with van der Waals surface area (Å²) >= 11 is 0. The van der Waals surface area contributed by atoms with E-state index in [0.717, 1.165) is 30.3 Å². The number of carbonyl (C=O) groups excluding carboxylic acids is 1. The summed E-state index contributed by atoms with van der Waals surface area (Å²) in [6, 6.07) is 7.54. The number of aliphatic hydroxyl groups is 1. The fourth-order valence-electron chi connectivity index (χ4n) is 2.96. The summed E-state index contributed by atoms with van der Waals surface area (Å²) < 4.78 is 5.39. The third kappa shape index (κ3) is 6.49. The maximum atomic E-state index is 12.0. The highest BCUT2D eigenvalue weighted by Crippen LogP contribution is 2.16. The second-order valence-corrected chi connectivity index (χ2v) is 6.69. The Hall–Kier alpha value is -1.59. The van der Waals surface area contributed by atoms with Crippen LogP contribution >= 0.6 is 0 Å². The number of nitrogens with zero attached hydrogens (tertiary/aromatic N) is 1. The number of hydrogen-bond acceptors (Lipinski definition) is 4. The van der Waals surface area contributed by atoms with Crippen LogP contribution < -0.4 is 10.1 Å². The Bertz CT molecular complexity index is 496. The second kappa shape index (κ2) is 9.64. The molecule has 1 atom stereocenters.